The third-order valence-electron chi connectivity index (χ3n) is 3.38. The van der Waals surface area contributed by atoms with Crippen molar-refractivity contribution in [2.45, 2.75) is 26.7 Å². The summed E-state index contributed by atoms with van der Waals surface area (Å²) in [6.45, 7) is 5.01. The lowest BCUT2D eigenvalue weighted by molar-refractivity contribution is -0.114. The molecule has 0 atom stereocenters. The highest BCUT2D eigenvalue weighted by molar-refractivity contribution is 5.94. The first kappa shape index (κ1) is 16.9. The predicted molar refractivity (Wildman–Crippen MR) is 95.1 cm³/mol. The summed E-state index contributed by atoms with van der Waals surface area (Å²) in [5.41, 5.74) is 2.76. The number of benzene rings is 2. The Bertz CT molecular complexity index is 641. The van der Waals surface area contributed by atoms with E-state index in [2.05, 4.69) is 17.6 Å². The molecule has 0 heterocycles. The van der Waals surface area contributed by atoms with Gasteiger partial charge in [-0.1, -0.05) is 37.6 Å². The molecule has 0 saturated carbocycles. The molecule has 0 aliphatic carbocycles. The second kappa shape index (κ2) is 8.83. The van der Waals surface area contributed by atoms with Crippen LogP contribution in [0, 0.1) is 6.92 Å². The number of amides is 1. The van der Waals surface area contributed by atoms with Gasteiger partial charge in [-0.25, -0.2) is 0 Å². The summed E-state index contributed by atoms with van der Waals surface area (Å²) in [5.74, 6) is 0.697. The lowest BCUT2D eigenvalue weighted by atomic mass is 10.2. The molecular formula is C19H24N2O2. The summed E-state index contributed by atoms with van der Waals surface area (Å²) in [6, 6.07) is 15.4. The Morgan fingerprint density at radius 1 is 1.13 bits per heavy atom. The number of anilines is 2. The Balaban J connectivity index is 1.88. The van der Waals surface area contributed by atoms with Gasteiger partial charge in [0, 0.05) is 5.69 Å². The van der Waals surface area contributed by atoms with Crippen LogP contribution in [0.25, 0.3) is 0 Å². The van der Waals surface area contributed by atoms with Gasteiger partial charge in [0.2, 0.25) is 5.91 Å². The molecule has 0 aliphatic rings. The van der Waals surface area contributed by atoms with Crippen LogP contribution in [0.5, 0.6) is 5.75 Å². The molecule has 0 fully saturated rings. The first-order valence-electron chi connectivity index (χ1n) is 8.01. The van der Waals surface area contributed by atoms with E-state index in [1.807, 2.05) is 55.5 Å². The molecule has 0 spiro atoms. The zero-order chi connectivity index (χ0) is 16.5. The Hall–Kier alpha value is -2.49. The number of para-hydroxylation sites is 2. The Morgan fingerprint density at radius 2 is 1.96 bits per heavy atom. The maximum Gasteiger partial charge on any atom is 0.243 e. The van der Waals surface area contributed by atoms with Crippen molar-refractivity contribution in [3.05, 3.63) is 54.1 Å². The molecule has 4 nitrogen and oxygen atoms in total. The van der Waals surface area contributed by atoms with Crippen molar-refractivity contribution in [3.8, 4) is 5.75 Å². The SMILES string of the molecule is CCCCOc1ccccc1NCC(=O)Nc1cccc(C)c1. The van der Waals surface area contributed by atoms with Gasteiger partial charge < -0.3 is 15.4 Å². The fourth-order valence-corrected chi connectivity index (χ4v) is 2.17. The zero-order valence-corrected chi connectivity index (χ0v) is 13.8. The number of carbonyl (C=O) groups is 1. The zero-order valence-electron chi connectivity index (χ0n) is 13.8. The number of nitrogens with one attached hydrogen (secondary N) is 2. The molecule has 23 heavy (non-hydrogen) atoms. The number of ether oxygens (including phenoxy) is 1. The summed E-state index contributed by atoms with van der Waals surface area (Å²) in [4.78, 5) is 12.1. The molecule has 2 aromatic rings. The average molecular weight is 312 g/mol. The van der Waals surface area contributed by atoms with Crippen LogP contribution < -0.4 is 15.4 Å². The van der Waals surface area contributed by atoms with Crippen molar-refractivity contribution in [1.82, 2.24) is 0 Å². The van der Waals surface area contributed by atoms with E-state index in [0.717, 1.165) is 35.5 Å². The number of hydrogen-bond donors (Lipinski definition) is 2. The largest absolute Gasteiger partial charge is 0.491 e. The smallest absolute Gasteiger partial charge is 0.243 e. The molecule has 1 amide bonds. The lowest BCUT2D eigenvalue weighted by Gasteiger charge is -2.13. The van der Waals surface area contributed by atoms with Gasteiger partial charge in [-0.15, -0.1) is 0 Å². The van der Waals surface area contributed by atoms with Crippen molar-refractivity contribution in [3.63, 3.8) is 0 Å². The molecule has 2 aromatic carbocycles. The monoisotopic (exact) mass is 312 g/mol. The van der Waals surface area contributed by atoms with Crippen molar-refractivity contribution in [1.29, 1.82) is 0 Å². The second-order valence-corrected chi connectivity index (χ2v) is 5.47. The number of rotatable bonds is 8. The number of unbranched alkanes of at least 4 members (excludes halogenated alkanes) is 1. The molecule has 2 rings (SSSR count). The predicted octanol–water partition coefficient (Wildman–Crippen LogP) is 4.22. The van der Waals surface area contributed by atoms with Crippen LogP contribution in [0.4, 0.5) is 11.4 Å². The van der Waals surface area contributed by atoms with Crippen LogP contribution in [0.2, 0.25) is 0 Å². The molecule has 4 heteroatoms. The van der Waals surface area contributed by atoms with Crippen LogP contribution in [-0.4, -0.2) is 19.1 Å². The number of carbonyl (C=O) groups excluding carboxylic acids is 1. The molecule has 0 aliphatic heterocycles. The topological polar surface area (TPSA) is 50.4 Å². The molecule has 0 bridgehead atoms. The normalized spacial score (nSPS) is 10.2. The maximum atomic E-state index is 12.1. The summed E-state index contributed by atoms with van der Waals surface area (Å²) >= 11 is 0. The molecule has 0 unspecified atom stereocenters. The van der Waals surface area contributed by atoms with E-state index in [9.17, 15) is 4.79 Å². The second-order valence-electron chi connectivity index (χ2n) is 5.47. The van der Waals surface area contributed by atoms with E-state index in [1.54, 1.807) is 0 Å². The van der Waals surface area contributed by atoms with Gasteiger partial charge in [0.05, 0.1) is 18.8 Å². The van der Waals surface area contributed by atoms with Crippen molar-refractivity contribution >= 4 is 17.3 Å². The third kappa shape index (κ3) is 5.66. The van der Waals surface area contributed by atoms with Gasteiger partial charge >= 0.3 is 0 Å². The highest BCUT2D eigenvalue weighted by atomic mass is 16.5. The molecule has 0 radical (unpaired) electrons. The van der Waals surface area contributed by atoms with Gasteiger partial charge in [0.15, 0.2) is 0 Å². The molecule has 122 valence electrons. The first-order valence-corrected chi connectivity index (χ1v) is 8.01. The van der Waals surface area contributed by atoms with Crippen LogP contribution in [0.3, 0.4) is 0 Å². The number of aryl methyl sites for hydroxylation is 1. The van der Waals surface area contributed by atoms with Crippen LogP contribution in [0.1, 0.15) is 25.3 Å². The van der Waals surface area contributed by atoms with E-state index >= 15 is 0 Å². The molecular weight excluding hydrogens is 288 g/mol. The van der Waals surface area contributed by atoms with E-state index in [4.69, 9.17) is 4.74 Å². The quantitative estimate of drug-likeness (QED) is 0.717. The minimum atomic E-state index is -0.0843. The van der Waals surface area contributed by atoms with Crippen molar-refractivity contribution in [2.24, 2.45) is 0 Å². The minimum Gasteiger partial charge on any atom is -0.491 e. The van der Waals surface area contributed by atoms with Gasteiger partial charge in [0.1, 0.15) is 5.75 Å². The Morgan fingerprint density at radius 3 is 2.74 bits per heavy atom. The van der Waals surface area contributed by atoms with Crippen molar-refractivity contribution < 1.29 is 9.53 Å². The summed E-state index contributed by atoms with van der Waals surface area (Å²) in [7, 11) is 0. The van der Waals surface area contributed by atoms with Gasteiger partial charge in [-0.3, -0.25) is 4.79 Å². The molecule has 0 aromatic heterocycles. The summed E-state index contributed by atoms with van der Waals surface area (Å²) in [5, 5.41) is 6.02. The molecule has 0 saturated heterocycles. The first-order chi connectivity index (χ1) is 11.2. The van der Waals surface area contributed by atoms with Gasteiger partial charge in [-0.05, 0) is 43.2 Å². The third-order valence-corrected chi connectivity index (χ3v) is 3.38. The van der Waals surface area contributed by atoms with E-state index in [-0.39, 0.29) is 12.5 Å². The minimum absolute atomic E-state index is 0.0843. The summed E-state index contributed by atoms with van der Waals surface area (Å²) in [6.07, 6.45) is 2.11. The van der Waals surface area contributed by atoms with Gasteiger partial charge in [0.25, 0.3) is 0 Å². The van der Waals surface area contributed by atoms with Crippen molar-refractivity contribution in [2.75, 3.05) is 23.8 Å². The Kier molecular flexibility index (Phi) is 6.48. The standard InChI is InChI=1S/C19H24N2O2/c1-3-4-12-23-18-11-6-5-10-17(18)20-14-19(22)21-16-9-7-8-15(2)13-16/h5-11,13,20H,3-4,12,14H2,1-2H3,(H,21,22). The highest BCUT2D eigenvalue weighted by Gasteiger charge is 2.06. The molecule has 2 N–H and O–H groups in total. The summed E-state index contributed by atoms with van der Waals surface area (Å²) < 4.78 is 5.75. The van der Waals surface area contributed by atoms with E-state index in [0.29, 0.717) is 6.61 Å². The van der Waals surface area contributed by atoms with E-state index < -0.39 is 0 Å². The fourth-order valence-electron chi connectivity index (χ4n) is 2.17. The van der Waals surface area contributed by atoms with Crippen LogP contribution in [0.15, 0.2) is 48.5 Å². The fraction of sp³-hybridized carbons (Fsp3) is 0.316. The lowest BCUT2D eigenvalue weighted by Crippen LogP contribution is -2.22. The van der Waals surface area contributed by atoms with Gasteiger partial charge in [-0.2, -0.15) is 0 Å². The maximum absolute atomic E-state index is 12.1. The van der Waals surface area contributed by atoms with E-state index in [1.165, 1.54) is 0 Å². The Labute approximate surface area is 137 Å². The highest BCUT2D eigenvalue weighted by Crippen LogP contribution is 2.23. The number of hydrogen-bond acceptors (Lipinski definition) is 3. The van der Waals surface area contributed by atoms with Crippen LogP contribution >= 0.6 is 0 Å². The van der Waals surface area contributed by atoms with Crippen LogP contribution in [-0.2, 0) is 4.79 Å². The average Bonchev–Trinajstić information content (AvgIpc) is 2.54.